The molecule has 2 heterocycles. The number of nitrogens with one attached hydrogen (secondary N) is 2. The van der Waals surface area contributed by atoms with Gasteiger partial charge >= 0.3 is 0 Å². The summed E-state index contributed by atoms with van der Waals surface area (Å²) in [6.07, 6.45) is 5.68. The Bertz CT molecular complexity index is 850. The summed E-state index contributed by atoms with van der Waals surface area (Å²) in [5.41, 5.74) is 3.12. The molecule has 0 saturated carbocycles. The summed E-state index contributed by atoms with van der Waals surface area (Å²) in [6, 6.07) is 9.54. The summed E-state index contributed by atoms with van der Waals surface area (Å²) >= 11 is 6.20. The second-order valence-corrected chi connectivity index (χ2v) is 5.87. The van der Waals surface area contributed by atoms with Gasteiger partial charge in [0, 0.05) is 29.5 Å². The van der Waals surface area contributed by atoms with Crippen LogP contribution in [0.15, 0.2) is 54.4 Å². The zero-order valence-electron chi connectivity index (χ0n) is 13.1. The predicted octanol–water partition coefficient (Wildman–Crippen LogP) is 5.30. The van der Waals surface area contributed by atoms with Crippen molar-refractivity contribution in [2.75, 3.05) is 11.9 Å². The molecule has 3 rings (SSSR count). The van der Waals surface area contributed by atoms with Gasteiger partial charge in [-0.05, 0) is 44.2 Å². The number of allylic oxidation sites excluding steroid dienone is 1. The third-order valence-electron chi connectivity index (χ3n) is 3.40. The highest BCUT2D eigenvalue weighted by Gasteiger charge is 2.07. The average molecular weight is 328 g/mol. The molecule has 0 saturated heterocycles. The van der Waals surface area contributed by atoms with Gasteiger partial charge in [-0.1, -0.05) is 17.2 Å². The van der Waals surface area contributed by atoms with Crippen LogP contribution in [0, 0.1) is 0 Å². The van der Waals surface area contributed by atoms with E-state index in [1.807, 2.05) is 56.5 Å². The fraction of sp³-hybridized carbons (Fsp3) is 0.167. The molecule has 4 nitrogen and oxygen atoms in total. The SMILES string of the molecule is CC(C)=CCOc1cc(Nc2nccc3[nH]ccc23)ccc1Cl. The third kappa shape index (κ3) is 3.66. The van der Waals surface area contributed by atoms with E-state index in [1.54, 1.807) is 6.20 Å². The molecule has 0 bridgehead atoms. The fourth-order valence-corrected chi connectivity index (χ4v) is 2.38. The van der Waals surface area contributed by atoms with E-state index in [0.29, 0.717) is 17.4 Å². The lowest BCUT2D eigenvalue weighted by atomic mass is 10.2. The van der Waals surface area contributed by atoms with Gasteiger partial charge in [-0.15, -0.1) is 0 Å². The maximum Gasteiger partial charge on any atom is 0.140 e. The molecule has 3 aromatic rings. The minimum absolute atomic E-state index is 0.497. The lowest BCUT2D eigenvalue weighted by Crippen LogP contribution is -1.98. The molecule has 118 valence electrons. The number of aromatic amines is 1. The number of H-pyrrole nitrogens is 1. The average Bonchev–Trinajstić information content (AvgIpc) is 2.99. The number of fused-ring (bicyclic) bond motifs is 1. The molecule has 0 aliphatic rings. The van der Waals surface area contributed by atoms with E-state index in [4.69, 9.17) is 16.3 Å². The molecule has 23 heavy (non-hydrogen) atoms. The molecule has 0 radical (unpaired) electrons. The van der Waals surface area contributed by atoms with Gasteiger partial charge in [-0.3, -0.25) is 0 Å². The van der Waals surface area contributed by atoms with Crippen molar-refractivity contribution >= 4 is 34.0 Å². The number of nitrogens with zero attached hydrogens (tertiary/aromatic N) is 1. The Balaban J connectivity index is 1.83. The highest BCUT2D eigenvalue weighted by atomic mass is 35.5. The first-order valence-corrected chi connectivity index (χ1v) is 7.76. The van der Waals surface area contributed by atoms with E-state index in [2.05, 4.69) is 15.3 Å². The maximum atomic E-state index is 6.20. The van der Waals surface area contributed by atoms with Crippen molar-refractivity contribution in [3.63, 3.8) is 0 Å². The van der Waals surface area contributed by atoms with Crippen LogP contribution in [0.25, 0.3) is 10.9 Å². The van der Waals surface area contributed by atoms with Gasteiger partial charge in [0.25, 0.3) is 0 Å². The van der Waals surface area contributed by atoms with Gasteiger partial charge in [0.1, 0.15) is 18.2 Å². The number of halogens is 1. The number of benzene rings is 1. The highest BCUT2D eigenvalue weighted by molar-refractivity contribution is 6.32. The first-order valence-electron chi connectivity index (χ1n) is 7.38. The normalized spacial score (nSPS) is 10.6. The third-order valence-corrected chi connectivity index (χ3v) is 3.72. The summed E-state index contributed by atoms with van der Waals surface area (Å²) in [5, 5.41) is 4.94. The van der Waals surface area contributed by atoms with Crippen LogP contribution >= 0.6 is 11.6 Å². The molecule has 1 aromatic carbocycles. The minimum atomic E-state index is 0.497. The zero-order valence-corrected chi connectivity index (χ0v) is 13.8. The molecule has 5 heteroatoms. The number of hydrogen-bond donors (Lipinski definition) is 2. The Labute approximate surface area is 140 Å². The fourth-order valence-electron chi connectivity index (χ4n) is 2.21. The van der Waals surface area contributed by atoms with Gasteiger partial charge in [0.15, 0.2) is 0 Å². The Morgan fingerprint density at radius 1 is 1.30 bits per heavy atom. The van der Waals surface area contributed by atoms with E-state index in [-0.39, 0.29) is 0 Å². The van der Waals surface area contributed by atoms with Crippen LogP contribution < -0.4 is 10.1 Å². The number of hydrogen-bond acceptors (Lipinski definition) is 3. The minimum Gasteiger partial charge on any atom is -0.488 e. The first kappa shape index (κ1) is 15.4. The van der Waals surface area contributed by atoms with Crippen LogP contribution in [-0.4, -0.2) is 16.6 Å². The van der Waals surface area contributed by atoms with Gasteiger partial charge < -0.3 is 15.0 Å². The first-order chi connectivity index (χ1) is 11.1. The zero-order chi connectivity index (χ0) is 16.2. The second kappa shape index (κ2) is 6.75. The lowest BCUT2D eigenvalue weighted by Gasteiger charge is -2.11. The Kier molecular flexibility index (Phi) is 4.53. The molecular weight excluding hydrogens is 310 g/mol. The van der Waals surface area contributed by atoms with Crippen molar-refractivity contribution in [2.45, 2.75) is 13.8 Å². The summed E-state index contributed by atoms with van der Waals surface area (Å²) in [7, 11) is 0. The Morgan fingerprint density at radius 3 is 3.00 bits per heavy atom. The number of anilines is 2. The summed E-state index contributed by atoms with van der Waals surface area (Å²) in [5.74, 6) is 1.44. The molecule has 0 atom stereocenters. The number of rotatable bonds is 5. The van der Waals surface area contributed by atoms with Crippen molar-refractivity contribution in [1.82, 2.24) is 9.97 Å². The highest BCUT2D eigenvalue weighted by Crippen LogP contribution is 2.30. The van der Waals surface area contributed by atoms with Crippen molar-refractivity contribution < 1.29 is 4.74 Å². The molecule has 0 fully saturated rings. The molecule has 2 aromatic heterocycles. The van der Waals surface area contributed by atoms with E-state index in [1.165, 1.54) is 5.57 Å². The summed E-state index contributed by atoms with van der Waals surface area (Å²) in [6.45, 7) is 4.56. The Hall–Kier alpha value is -2.46. The molecule has 2 N–H and O–H groups in total. The molecule has 0 unspecified atom stereocenters. The van der Waals surface area contributed by atoms with Crippen molar-refractivity contribution in [3.05, 3.63) is 59.4 Å². The number of pyridine rings is 1. The molecule has 0 aliphatic heterocycles. The van der Waals surface area contributed by atoms with Crippen LogP contribution in [0.4, 0.5) is 11.5 Å². The van der Waals surface area contributed by atoms with Crippen molar-refractivity contribution in [1.29, 1.82) is 0 Å². The van der Waals surface area contributed by atoms with Crippen LogP contribution in [0.1, 0.15) is 13.8 Å². The maximum absolute atomic E-state index is 6.20. The topological polar surface area (TPSA) is 49.9 Å². The van der Waals surface area contributed by atoms with Gasteiger partial charge in [0.2, 0.25) is 0 Å². The smallest absolute Gasteiger partial charge is 0.140 e. The van der Waals surface area contributed by atoms with Crippen LogP contribution in [-0.2, 0) is 0 Å². The Morgan fingerprint density at radius 2 is 2.17 bits per heavy atom. The number of ether oxygens (including phenoxy) is 1. The summed E-state index contributed by atoms with van der Waals surface area (Å²) < 4.78 is 5.72. The molecule has 0 spiro atoms. The molecule has 0 aliphatic carbocycles. The second-order valence-electron chi connectivity index (χ2n) is 5.46. The van der Waals surface area contributed by atoms with Crippen LogP contribution in [0.5, 0.6) is 5.75 Å². The van der Waals surface area contributed by atoms with E-state index < -0.39 is 0 Å². The van der Waals surface area contributed by atoms with E-state index in [0.717, 1.165) is 22.4 Å². The van der Waals surface area contributed by atoms with Crippen molar-refractivity contribution in [2.24, 2.45) is 0 Å². The van der Waals surface area contributed by atoms with E-state index >= 15 is 0 Å². The standard InChI is InChI=1S/C18H18ClN3O/c1-12(2)7-10-23-17-11-13(3-4-15(17)19)22-18-14-5-8-20-16(14)6-9-21-18/h3-9,11,20H,10H2,1-2H3,(H,21,22). The van der Waals surface area contributed by atoms with E-state index in [9.17, 15) is 0 Å². The monoisotopic (exact) mass is 327 g/mol. The molecule has 0 amide bonds. The number of aromatic nitrogens is 2. The van der Waals surface area contributed by atoms with Crippen molar-refractivity contribution in [3.8, 4) is 5.75 Å². The lowest BCUT2D eigenvalue weighted by molar-refractivity contribution is 0.362. The molecular formula is C18H18ClN3O. The quantitative estimate of drug-likeness (QED) is 0.625. The van der Waals surface area contributed by atoms with Gasteiger partial charge in [0.05, 0.1) is 10.5 Å². The van der Waals surface area contributed by atoms with Crippen LogP contribution in [0.3, 0.4) is 0 Å². The van der Waals surface area contributed by atoms with Gasteiger partial charge in [-0.2, -0.15) is 0 Å². The largest absolute Gasteiger partial charge is 0.488 e. The van der Waals surface area contributed by atoms with Crippen LogP contribution in [0.2, 0.25) is 5.02 Å². The van der Waals surface area contributed by atoms with Gasteiger partial charge in [-0.25, -0.2) is 4.98 Å². The predicted molar refractivity (Wildman–Crippen MR) is 95.8 cm³/mol. The summed E-state index contributed by atoms with van der Waals surface area (Å²) in [4.78, 5) is 7.57.